The van der Waals surface area contributed by atoms with Gasteiger partial charge in [0.1, 0.15) is 5.71 Å². The van der Waals surface area contributed by atoms with Crippen molar-refractivity contribution in [3.05, 3.63) is 124 Å². The molecule has 5 rings (SSSR count). The van der Waals surface area contributed by atoms with Crippen LogP contribution in [-0.2, 0) is 12.5 Å². The molecule has 0 saturated carbocycles. The van der Waals surface area contributed by atoms with E-state index >= 15 is 0 Å². The van der Waals surface area contributed by atoms with Crippen LogP contribution in [0.25, 0.3) is 0 Å². The van der Waals surface area contributed by atoms with E-state index in [4.69, 9.17) is 29.2 Å². The highest BCUT2D eigenvalue weighted by Crippen LogP contribution is 2.35. The van der Waals surface area contributed by atoms with Gasteiger partial charge in [-0.2, -0.15) is 0 Å². The average molecular weight is 627 g/mol. The number of nitrogen functional groups attached to an aromatic ring is 1. The van der Waals surface area contributed by atoms with Gasteiger partial charge in [-0.1, -0.05) is 56.3 Å². The van der Waals surface area contributed by atoms with Crippen molar-refractivity contribution < 1.29 is 8.78 Å². The van der Waals surface area contributed by atoms with Gasteiger partial charge in [0.25, 0.3) is 5.92 Å². The largest absolute Gasteiger partial charge is 0.398 e. The van der Waals surface area contributed by atoms with Crippen molar-refractivity contribution >= 4 is 52.0 Å². The summed E-state index contributed by atoms with van der Waals surface area (Å²) in [6.45, 7) is 11.4. The molecule has 0 radical (unpaired) electrons. The Bertz CT molecular complexity index is 1740. The molecule has 4 aromatic rings. The first-order chi connectivity index (χ1) is 21.5. The van der Waals surface area contributed by atoms with Crippen molar-refractivity contribution in [3.8, 4) is 12.3 Å². The molecule has 0 atom stereocenters. The molecular weight excluding hydrogens is 590 g/mol. The number of fused-ring (bicyclic) bond motifs is 1. The summed E-state index contributed by atoms with van der Waals surface area (Å²) >= 11 is 6.01. The summed E-state index contributed by atoms with van der Waals surface area (Å²) in [5.41, 5.74) is 16.8. The lowest BCUT2D eigenvalue weighted by Crippen LogP contribution is -2.37. The summed E-state index contributed by atoms with van der Waals surface area (Å²) in [7, 11) is 0. The van der Waals surface area contributed by atoms with Crippen LogP contribution in [0, 0.1) is 24.7 Å². The van der Waals surface area contributed by atoms with Gasteiger partial charge in [-0.3, -0.25) is 10.4 Å². The molecule has 1 aliphatic rings. The molecule has 45 heavy (non-hydrogen) atoms. The zero-order valence-corrected chi connectivity index (χ0v) is 26.5. The normalized spacial score (nSPS) is 11.7. The number of hydrazine groups is 1. The third-order valence-corrected chi connectivity index (χ3v) is 6.83. The molecule has 5 N–H and O–H groups in total. The molecule has 6 nitrogen and oxygen atoms in total. The Hall–Kier alpha value is -5.13. The number of hydrogen-bond acceptors (Lipinski definition) is 6. The summed E-state index contributed by atoms with van der Waals surface area (Å²) in [6.07, 6.45) is 8.34. The van der Waals surface area contributed by atoms with Crippen molar-refractivity contribution in [2.45, 2.75) is 40.2 Å². The predicted molar refractivity (Wildman–Crippen MR) is 187 cm³/mol. The van der Waals surface area contributed by atoms with Crippen LogP contribution in [0.15, 0.2) is 96.6 Å². The van der Waals surface area contributed by atoms with Crippen LogP contribution in [0.4, 0.5) is 37.2 Å². The van der Waals surface area contributed by atoms with Gasteiger partial charge in [0.2, 0.25) is 0 Å². The highest BCUT2D eigenvalue weighted by atomic mass is 35.5. The Morgan fingerprint density at radius 3 is 2.53 bits per heavy atom. The van der Waals surface area contributed by atoms with E-state index in [2.05, 4.69) is 46.4 Å². The van der Waals surface area contributed by atoms with Gasteiger partial charge in [0.15, 0.2) is 0 Å². The summed E-state index contributed by atoms with van der Waals surface area (Å²) in [5.74, 6) is -0.237. The van der Waals surface area contributed by atoms with Gasteiger partial charge in [0, 0.05) is 46.2 Å². The first kappa shape index (κ1) is 34.4. The number of terminal acetylenes is 1. The molecule has 232 valence electrons. The first-order valence-electron chi connectivity index (χ1n) is 14.3. The Kier molecular flexibility index (Phi) is 11.9. The minimum Gasteiger partial charge on any atom is -0.398 e. The molecule has 0 bridgehead atoms. The maximum absolute atomic E-state index is 13.3. The van der Waals surface area contributed by atoms with Crippen LogP contribution in [0.5, 0.6) is 0 Å². The van der Waals surface area contributed by atoms with E-state index in [0.29, 0.717) is 39.0 Å². The fourth-order valence-corrected chi connectivity index (χ4v) is 4.52. The minimum atomic E-state index is -2.82. The minimum absolute atomic E-state index is 0.0208. The average Bonchev–Trinajstić information content (AvgIpc) is 3.02. The molecule has 0 aromatic heterocycles. The molecular formula is C36H37ClF2N6. The number of halogens is 3. The molecule has 9 heteroatoms. The van der Waals surface area contributed by atoms with Crippen LogP contribution in [0.3, 0.4) is 0 Å². The van der Waals surface area contributed by atoms with E-state index in [1.165, 1.54) is 29.5 Å². The smallest absolute Gasteiger partial charge is 0.270 e. The molecule has 1 heterocycles. The third-order valence-electron chi connectivity index (χ3n) is 6.59. The number of nitrogens with two attached hydrogens (primary N) is 1. The lowest BCUT2D eigenvalue weighted by atomic mass is 10.0. The van der Waals surface area contributed by atoms with Crippen molar-refractivity contribution in [2.24, 2.45) is 4.99 Å². The molecule has 0 fully saturated rings. The lowest BCUT2D eigenvalue weighted by molar-refractivity contribution is 0.0175. The fraction of sp³-hybridized carbons (Fsp3) is 0.167. The highest BCUT2D eigenvalue weighted by molar-refractivity contribution is 6.31. The molecule has 1 aliphatic heterocycles. The van der Waals surface area contributed by atoms with Crippen LogP contribution < -0.4 is 21.5 Å². The van der Waals surface area contributed by atoms with Gasteiger partial charge in [0.05, 0.1) is 23.6 Å². The molecule has 4 aromatic carbocycles. The number of rotatable bonds is 8. The van der Waals surface area contributed by atoms with Gasteiger partial charge in [-0.05, 0) is 84.8 Å². The number of nitrogens with one attached hydrogen (secondary N) is 3. The van der Waals surface area contributed by atoms with E-state index in [1.807, 2.05) is 25.8 Å². The zero-order chi connectivity index (χ0) is 33.1. The number of anilines is 4. The molecule has 0 aliphatic carbocycles. The van der Waals surface area contributed by atoms with Crippen molar-refractivity contribution in [3.63, 3.8) is 0 Å². The second kappa shape index (κ2) is 15.6. The predicted octanol–water partition coefficient (Wildman–Crippen LogP) is 9.71. The first-order valence-corrected chi connectivity index (χ1v) is 14.6. The standard InChI is InChI=1S/C18H15ClN4.C16H16F2N2.C2H6/c1-3-17(15-7-5-13(19)10-18(15)22-4-2)23-14-6-8-16(21)12(9-14)11-20;1-11-6-7-12-10-20(15(12)8-11)19-14-5-3-4-13(9-14)16(2,17)18;1-2/h1,4-11,20,22H,2,21H2;3-9,19H,10H2,1-2H3;1-2H3. The maximum Gasteiger partial charge on any atom is 0.270 e. The second-order valence-corrected chi connectivity index (χ2v) is 10.3. The number of aliphatic imine (C=N–C) groups is 1. The molecule has 0 spiro atoms. The zero-order valence-electron chi connectivity index (χ0n) is 25.8. The maximum atomic E-state index is 13.3. The van der Waals surface area contributed by atoms with Crippen molar-refractivity contribution in [2.75, 3.05) is 21.5 Å². The molecule has 0 unspecified atom stereocenters. The quantitative estimate of drug-likeness (QED) is 0.0890. The topological polar surface area (TPSA) is 89.5 Å². The summed E-state index contributed by atoms with van der Waals surface area (Å²) in [6, 6.07) is 23.1. The van der Waals surface area contributed by atoms with Gasteiger partial charge in [-0.15, -0.1) is 6.42 Å². The van der Waals surface area contributed by atoms with E-state index < -0.39 is 5.92 Å². The third kappa shape index (κ3) is 8.94. The van der Waals surface area contributed by atoms with Crippen molar-refractivity contribution in [1.82, 2.24) is 0 Å². The molecule has 0 amide bonds. The van der Waals surface area contributed by atoms with Gasteiger partial charge >= 0.3 is 0 Å². The number of aryl methyl sites for hydroxylation is 1. The van der Waals surface area contributed by atoms with E-state index in [1.54, 1.807) is 54.7 Å². The highest BCUT2D eigenvalue weighted by Gasteiger charge is 2.26. The Labute approximate surface area is 269 Å². The van der Waals surface area contributed by atoms with Gasteiger partial charge in [-0.25, -0.2) is 13.8 Å². The fourth-order valence-electron chi connectivity index (χ4n) is 4.35. The van der Waals surface area contributed by atoms with Crippen LogP contribution in [-0.4, -0.2) is 11.9 Å². The Morgan fingerprint density at radius 2 is 1.87 bits per heavy atom. The van der Waals surface area contributed by atoms with Crippen LogP contribution in [0.1, 0.15) is 48.6 Å². The number of nitrogens with zero attached hydrogens (tertiary/aromatic N) is 2. The molecule has 0 saturated heterocycles. The van der Waals surface area contributed by atoms with Crippen LogP contribution in [0.2, 0.25) is 5.02 Å². The number of benzene rings is 4. The number of hydrogen-bond donors (Lipinski definition) is 4. The van der Waals surface area contributed by atoms with E-state index in [-0.39, 0.29) is 5.56 Å². The monoisotopic (exact) mass is 626 g/mol. The van der Waals surface area contributed by atoms with E-state index in [0.717, 1.165) is 24.7 Å². The van der Waals surface area contributed by atoms with Crippen LogP contribution >= 0.6 is 11.6 Å². The second-order valence-electron chi connectivity index (χ2n) is 9.90. The van der Waals surface area contributed by atoms with Crippen molar-refractivity contribution in [1.29, 1.82) is 5.41 Å². The lowest BCUT2D eigenvalue weighted by Gasteiger charge is -2.37. The summed E-state index contributed by atoms with van der Waals surface area (Å²) < 4.78 is 26.6. The van der Waals surface area contributed by atoms with Gasteiger partial charge < -0.3 is 16.5 Å². The Morgan fingerprint density at radius 1 is 1.11 bits per heavy atom. The summed E-state index contributed by atoms with van der Waals surface area (Å²) in [5, 5.41) is 12.9. The summed E-state index contributed by atoms with van der Waals surface area (Å²) in [4.78, 5) is 4.47. The van der Waals surface area contributed by atoms with E-state index in [9.17, 15) is 8.78 Å². The number of alkyl halides is 2. The Balaban J connectivity index is 0.000000234. The SMILES string of the molecule is C#CC(=Nc1ccc(N)c(C=N)c1)c1ccc(Cl)cc1NC=C.CC.Cc1ccc2c(c1)N(Nc1cccc(C(C)(F)F)c1)C2.